The van der Waals surface area contributed by atoms with E-state index in [2.05, 4.69) is 51.6 Å². The van der Waals surface area contributed by atoms with Gasteiger partial charge in [0.15, 0.2) is 0 Å². The molecule has 0 aliphatic carbocycles. The predicted molar refractivity (Wildman–Crippen MR) is 130 cm³/mol. The second-order valence-electron chi connectivity index (χ2n) is 7.36. The summed E-state index contributed by atoms with van der Waals surface area (Å²) in [6.45, 7) is 3.02. The maximum atomic E-state index is 12.1. The van der Waals surface area contributed by atoms with E-state index in [1.807, 2.05) is 18.2 Å². The number of hydrogen-bond acceptors (Lipinski definition) is 3. The van der Waals surface area contributed by atoms with E-state index in [1.54, 1.807) is 30.5 Å². The Morgan fingerprint density at radius 3 is 2.47 bits per heavy atom. The summed E-state index contributed by atoms with van der Waals surface area (Å²) in [7, 11) is 0. The number of hydrogen-bond donors (Lipinski definition) is 2. The zero-order valence-corrected chi connectivity index (χ0v) is 18.4. The van der Waals surface area contributed by atoms with Gasteiger partial charge in [0.2, 0.25) is 11.8 Å². The largest absolute Gasteiger partial charge is 0.341 e. The van der Waals surface area contributed by atoms with Crippen molar-refractivity contribution < 1.29 is 9.59 Å². The van der Waals surface area contributed by atoms with Gasteiger partial charge in [-0.25, -0.2) is 5.43 Å². The number of amides is 2. The van der Waals surface area contributed by atoms with Gasteiger partial charge < -0.3 is 9.88 Å². The van der Waals surface area contributed by atoms with E-state index < -0.39 is 0 Å². The van der Waals surface area contributed by atoms with E-state index in [1.165, 1.54) is 16.4 Å². The number of anilines is 1. The van der Waals surface area contributed by atoms with E-state index in [4.69, 9.17) is 11.6 Å². The summed E-state index contributed by atoms with van der Waals surface area (Å²) in [6.07, 6.45) is 1.67. The van der Waals surface area contributed by atoms with Gasteiger partial charge in [-0.1, -0.05) is 48.0 Å². The minimum absolute atomic E-state index is 0.0245. The zero-order chi connectivity index (χ0) is 22.5. The summed E-state index contributed by atoms with van der Waals surface area (Å²) in [5, 5.41) is 9.53. The highest BCUT2D eigenvalue weighted by molar-refractivity contribution is 6.33. The van der Waals surface area contributed by atoms with Crippen LogP contribution < -0.4 is 10.7 Å². The maximum Gasteiger partial charge on any atom is 0.240 e. The Balaban J connectivity index is 1.36. The lowest BCUT2D eigenvalue weighted by atomic mass is 10.1. The predicted octanol–water partition coefficient (Wildman–Crippen LogP) is 5.34. The van der Waals surface area contributed by atoms with Crippen LogP contribution in [0.2, 0.25) is 5.02 Å². The van der Waals surface area contributed by atoms with Crippen LogP contribution >= 0.6 is 11.6 Å². The molecule has 0 saturated carbocycles. The molecule has 0 aliphatic rings. The molecule has 4 aromatic rings. The fraction of sp³-hybridized carbons (Fsp3) is 0.160. The summed E-state index contributed by atoms with van der Waals surface area (Å²) >= 11 is 6.02. The molecule has 1 heterocycles. The molecular formula is C25H23ClN4O2. The number of hydrazone groups is 1. The molecule has 0 aliphatic heterocycles. The topological polar surface area (TPSA) is 75.5 Å². The maximum absolute atomic E-state index is 12.1. The van der Waals surface area contributed by atoms with Crippen molar-refractivity contribution in [2.24, 2.45) is 5.10 Å². The molecule has 32 heavy (non-hydrogen) atoms. The minimum Gasteiger partial charge on any atom is -0.341 e. The van der Waals surface area contributed by atoms with Crippen LogP contribution in [0.5, 0.6) is 0 Å². The monoisotopic (exact) mass is 446 g/mol. The Labute approximate surface area is 190 Å². The summed E-state index contributed by atoms with van der Waals surface area (Å²) < 4.78 is 2.28. The Morgan fingerprint density at radius 1 is 0.938 bits per heavy atom. The average molecular weight is 447 g/mol. The highest BCUT2D eigenvalue weighted by Gasteiger charge is 2.10. The lowest BCUT2D eigenvalue weighted by Gasteiger charge is -2.06. The molecule has 0 atom stereocenters. The molecular weight excluding hydrogens is 424 g/mol. The molecule has 0 fully saturated rings. The van der Waals surface area contributed by atoms with Crippen LogP contribution in [-0.2, 0) is 16.1 Å². The first kappa shape index (κ1) is 21.6. The Kier molecular flexibility index (Phi) is 6.52. The molecule has 1 aromatic heterocycles. The first-order valence-corrected chi connectivity index (χ1v) is 10.8. The Morgan fingerprint density at radius 2 is 1.66 bits per heavy atom. The average Bonchev–Trinajstić information content (AvgIpc) is 3.12. The number of aromatic nitrogens is 1. The molecule has 4 rings (SSSR count). The molecule has 0 radical (unpaired) electrons. The van der Waals surface area contributed by atoms with Crippen LogP contribution in [0.25, 0.3) is 21.8 Å². The summed E-state index contributed by atoms with van der Waals surface area (Å²) in [5.41, 5.74) is 6.25. The van der Waals surface area contributed by atoms with Crippen molar-refractivity contribution in [3.05, 3.63) is 77.3 Å². The number of nitrogens with zero attached hydrogens (tertiary/aromatic N) is 2. The zero-order valence-electron chi connectivity index (χ0n) is 17.6. The van der Waals surface area contributed by atoms with Crippen molar-refractivity contribution in [3.63, 3.8) is 0 Å². The van der Waals surface area contributed by atoms with Crippen molar-refractivity contribution in [2.75, 3.05) is 5.32 Å². The summed E-state index contributed by atoms with van der Waals surface area (Å²) in [6, 6.07) is 21.4. The van der Waals surface area contributed by atoms with Crippen molar-refractivity contribution >= 4 is 57.1 Å². The van der Waals surface area contributed by atoms with Gasteiger partial charge in [0, 0.05) is 41.2 Å². The highest BCUT2D eigenvalue weighted by Crippen LogP contribution is 2.29. The first-order valence-electron chi connectivity index (χ1n) is 10.4. The normalized spacial score (nSPS) is 11.3. The van der Waals surface area contributed by atoms with E-state index in [0.717, 1.165) is 17.5 Å². The number of para-hydroxylation sites is 2. The van der Waals surface area contributed by atoms with Crippen molar-refractivity contribution in [2.45, 2.75) is 26.3 Å². The smallest absolute Gasteiger partial charge is 0.240 e. The highest BCUT2D eigenvalue weighted by atomic mass is 35.5. The molecule has 0 unspecified atom stereocenters. The number of carbonyl (C=O) groups is 2. The van der Waals surface area contributed by atoms with E-state index >= 15 is 0 Å². The Hall–Kier alpha value is -3.64. The summed E-state index contributed by atoms with van der Waals surface area (Å²) in [5.74, 6) is -0.616. The number of fused-ring (bicyclic) bond motifs is 3. The fourth-order valence-corrected chi connectivity index (χ4v) is 3.91. The van der Waals surface area contributed by atoms with Crippen LogP contribution in [-0.4, -0.2) is 22.6 Å². The standard InChI is InChI=1S/C25H23ClN4O2/c1-2-30-22-10-6-3-7-18(22)19-15-17(11-12-23(19)30)16-27-29-25(32)14-13-24(31)28-21-9-5-4-8-20(21)26/h3-12,15-16H,2,13-14H2,1H3,(H,28,31)(H,29,32)/b27-16+. The van der Waals surface area contributed by atoms with Gasteiger partial charge in [-0.3, -0.25) is 9.59 Å². The third-order valence-electron chi connectivity index (χ3n) is 5.24. The van der Waals surface area contributed by atoms with Crippen LogP contribution in [0, 0.1) is 0 Å². The molecule has 0 saturated heterocycles. The van der Waals surface area contributed by atoms with Crippen LogP contribution in [0.1, 0.15) is 25.3 Å². The third-order valence-corrected chi connectivity index (χ3v) is 5.57. The van der Waals surface area contributed by atoms with Gasteiger partial charge in [-0.15, -0.1) is 0 Å². The molecule has 0 spiro atoms. The van der Waals surface area contributed by atoms with Crippen molar-refractivity contribution in [1.82, 2.24) is 9.99 Å². The third kappa shape index (κ3) is 4.65. The lowest BCUT2D eigenvalue weighted by molar-refractivity contribution is -0.124. The van der Waals surface area contributed by atoms with Crippen LogP contribution in [0.4, 0.5) is 5.69 Å². The van der Waals surface area contributed by atoms with Crippen molar-refractivity contribution in [1.29, 1.82) is 0 Å². The number of rotatable bonds is 7. The van der Waals surface area contributed by atoms with E-state index in [-0.39, 0.29) is 24.7 Å². The molecule has 162 valence electrons. The second kappa shape index (κ2) is 9.66. The van der Waals surface area contributed by atoms with Gasteiger partial charge in [0.25, 0.3) is 0 Å². The van der Waals surface area contributed by atoms with Gasteiger partial charge in [0.05, 0.1) is 16.9 Å². The number of benzene rings is 3. The number of nitrogens with one attached hydrogen (secondary N) is 2. The SMILES string of the molecule is CCn1c2ccccc2c2cc(/C=N/NC(=O)CCC(=O)Nc3ccccc3Cl)ccc21. The van der Waals surface area contributed by atoms with Gasteiger partial charge >= 0.3 is 0 Å². The molecule has 6 nitrogen and oxygen atoms in total. The van der Waals surface area contributed by atoms with Crippen LogP contribution in [0.15, 0.2) is 71.8 Å². The lowest BCUT2D eigenvalue weighted by Crippen LogP contribution is -2.20. The van der Waals surface area contributed by atoms with Gasteiger partial charge in [-0.2, -0.15) is 5.10 Å². The molecule has 2 N–H and O–H groups in total. The molecule has 3 aromatic carbocycles. The first-order chi connectivity index (χ1) is 15.6. The molecule has 7 heteroatoms. The number of carbonyl (C=O) groups excluding carboxylic acids is 2. The Bertz CT molecular complexity index is 1330. The van der Waals surface area contributed by atoms with E-state index in [0.29, 0.717) is 10.7 Å². The second-order valence-corrected chi connectivity index (χ2v) is 7.77. The van der Waals surface area contributed by atoms with E-state index in [9.17, 15) is 9.59 Å². The van der Waals surface area contributed by atoms with Crippen molar-refractivity contribution in [3.8, 4) is 0 Å². The minimum atomic E-state index is -0.334. The van der Waals surface area contributed by atoms with Gasteiger partial charge in [0.1, 0.15) is 0 Å². The van der Waals surface area contributed by atoms with Gasteiger partial charge in [-0.05, 0) is 42.8 Å². The molecule has 0 bridgehead atoms. The number of aryl methyl sites for hydroxylation is 1. The summed E-state index contributed by atoms with van der Waals surface area (Å²) in [4.78, 5) is 24.1. The van der Waals surface area contributed by atoms with Crippen LogP contribution in [0.3, 0.4) is 0 Å². The number of halogens is 1. The quantitative estimate of drug-likeness (QED) is 0.297. The fourth-order valence-electron chi connectivity index (χ4n) is 3.73. The molecule has 2 amide bonds.